The summed E-state index contributed by atoms with van der Waals surface area (Å²) in [4.78, 5) is 10.4. The molecule has 0 N–H and O–H groups in total. The summed E-state index contributed by atoms with van der Waals surface area (Å²) in [5, 5.41) is 0.912. The maximum Gasteiger partial charge on any atom is 0.344 e. The first-order valence-corrected chi connectivity index (χ1v) is 3.90. The van der Waals surface area contributed by atoms with Gasteiger partial charge in [-0.15, -0.1) is 0 Å². The van der Waals surface area contributed by atoms with Gasteiger partial charge in [0.25, 0.3) is 0 Å². The Morgan fingerprint density at radius 1 is 1.70 bits per heavy atom. The second-order valence-corrected chi connectivity index (χ2v) is 2.16. The van der Waals surface area contributed by atoms with Crippen molar-refractivity contribution >= 4 is 22.6 Å². The minimum atomic E-state index is -0.534. The fourth-order valence-electron chi connectivity index (χ4n) is 0.390. The second-order valence-electron chi connectivity index (χ2n) is 1.74. The Balaban J connectivity index is 3.31. The molecule has 0 heterocycles. The van der Waals surface area contributed by atoms with Crippen molar-refractivity contribution in [3.8, 4) is 0 Å². The van der Waals surface area contributed by atoms with Crippen molar-refractivity contribution in [1.82, 2.24) is 0 Å². The van der Waals surface area contributed by atoms with E-state index >= 15 is 0 Å². The molecule has 0 spiro atoms. The summed E-state index contributed by atoms with van der Waals surface area (Å²) in [6.45, 7) is 2.41. The highest BCUT2D eigenvalue weighted by Gasteiger charge is 1.94. The van der Waals surface area contributed by atoms with Gasteiger partial charge in [0.1, 0.15) is 5.37 Å². The Morgan fingerprint density at radius 3 is 2.90 bits per heavy atom. The van der Waals surface area contributed by atoms with Crippen LogP contribution < -0.4 is 0 Å². The maximum atomic E-state index is 10.4. The molecule has 0 saturated heterocycles. The molecule has 0 aliphatic rings. The highest BCUT2D eigenvalue weighted by molar-refractivity contribution is 7.66. The first kappa shape index (κ1) is 9.36. The van der Waals surface area contributed by atoms with E-state index < -0.39 is 5.97 Å². The predicted molar refractivity (Wildman–Crippen MR) is 40.1 cm³/mol. The number of carbonyl (C=O) groups excluding carboxylic acids is 1. The van der Waals surface area contributed by atoms with Crippen LogP contribution in [0.2, 0.25) is 0 Å². The van der Waals surface area contributed by atoms with Gasteiger partial charge >= 0.3 is 5.97 Å². The molecule has 0 bridgehead atoms. The Kier molecular flexibility index (Phi) is 6.06. The van der Waals surface area contributed by atoms with Crippen LogP contribution in [0, 0.1) is 0 Å². The molecular weight excluding hydrogens is 152 g/mol. The van der Waals surface area contributed by atoms with Crippen LogP contribution in [0.3, 0.4) is 0 Å². The number of esters is 1. The first-order chi connectivity index (χ1) is 4.81. The van der Waals surface area contributed by atoms with Gasteiger partial charge in [0, 0.05) is 0 Å². The molecule has 0 aliphatic carbocycles. The molecule has 4 heteroatoms. The Morgan fingerprint density at radius 2 is 2.40 bits per heavy atom. The largest absolute Gasteiger partial charge is 0.462 e. The number of rotatable bonds is 4. The third-order valence-corrected chi connectivity index (χ3v) is 1.18. The molecule has 10 heavy (non-hydrogen) atoms. The second kappa shape index (κ2) is 6.48. The minimum Gasteiger partial charge on any atom is -0.462 e. The summed E-state index contributed by atoms with van der Waals surface area (Å²) in [6.07, 6.45) is 1.83. The summed E-state index contributed by atoms with van der Waals surface area (Å²) in [7, 11) is 0. The first-order valence-electron chi connectivity index (χ1n) is 3.10. The van der Waals surface area contributed by atoms with E-state index in [-0.39, 0.29) is 11.3 Å². The van der Waals surface area contributed by atoms with Crippen molar-refractivity contribution in [2.24, 2.45) is 0 Å². The van der Waals surface area contributed by atoms with Crippen molar-refractivity contribution in [3.63, 3.8) is 0 Å². The maximum absolute atomic E-state index is 10.4. The van der Waals surface area contributed by atoms with Crippen LogP contribution in [0.4, 0.5) is 0 Å². The van der Waals surface area contributed by atoms with E-state index in [4.69, 9.17) is 0 Å². The van der Waals surface area contributed by atoms with Gasteiger partial charge in [0.05, 0.1) is 17.9 Å². The summed E-state index contributed by atoms with van der Waals surface area (Å²) >= 11 is 0.118. The highest BCUT2D eigenvalue weighted by atomic mass is 32.1. The highest BCUT2D eigenvalue weighted by Crippen LogP contribution is 1.86. The van der Waals surface area contributed by atoms with Crippen LogP contribution >= 0.6 is 0 Å². The van der Waals surface area contributed by atoms with E-state index in [0.29, 0.717) is 6.61 Å². The third-order valence-electron chi connectivity index (χ3n) is 0.887. The molecule has 0 aromatic heterocycles. The molecule has 0 aliphatic heterocycles. The molecule has 58 valence electrons. The lowest BCUT2D eigenvalue weighted by molar-refractivity contribution is -0.134. The SMILES string of the molecule is CCCCOC(=O)C=S=O. The summed E-state index contributed by atoms with van der Waals surface area (Å²) in [5.74, 6) is -0.534. The molecule has 0 radical (unpaired) electrons. The van der Waals surface area contributed by atoms with Crippen LogP contribution in [0.1, 0.15) is 19.8 Å². The van der Waals surface area contributed by atoms with Crippen LogP contribution in [0.15, 0.2) is 0 Å². The van der Waals surface area contributed by atoms with Gasteiger partial charge in [0.2, 0.25) is 0 Å². The average molecular weight is 162 g/mol. The molecule has 3 nitrogen and oxygen atoms in total. The standard InChI is InChI=1S/C6H10O3S/c1-2-3-4-9-6(7)5-10-8/h5H,2-4H2,1H3. The van der Waals surface area contributed by atoms with E-state index in [1.807, 2.05) is 6.92 Å². The smallest absolute Gasteiger partial charge is 0.344 e. The lowest BCUT2D eigenvalue weighted by Crippen LogP contribution is -2.06. The summed E-state index contributed by atoms with van der Waals surface area (Å²) < 4.78 is 14.3. The van der Waals surface area contributed by atoms with Crippen molar-refractivity contribution in [1.29, 1.82) is 0 Å². The van der Waals surface area contributed by atoms with Crippen LogP contribution in [-0.2, 0) is 20.8 Å². The number of carbonyl (C=O) groups is 1. The van der Waals surface area contributed by atoms with E-state index in [0.717, 1.165) is 18.2 Å². The van der Waals surface area contributed by atoms with Gasteiger partial charge in [0.15, 0.2) is 0 Å². The predicted octanol–water partition coefficient (Wildman–Crippen LogP) is 0.345. The van der Waals surface area contributed by atoms with E-state index in [9.17, 15) is 9.00 Å². The normalized spacial score (nSPS) is 8.50. The molecule has 0 fully saturated rings. The van der Waals surface area contributed by atoms with Crippen molar-refractivity contribution in [2.75, 3.05) is 6.61 Å². The fourth-order valence-corrected chi connectivity index (χ4v) is 0.537. The monoisotopic (exact) mass is 162 g/mol. The molecule has 0 amide bonds. The zero-order valence-corrected chi connectivity index (χ0v) is 6.65. The number of hydrogen-bond donors (Lipinski definition) is 0. The van der Waals surface area contributed by atoms with Crippen LogP contribution in [0.25, 0.3) is 0 Å². The molecule has 0 aromatic rings. The van der Waals surface area contributed by atoms with Crippen molar-refractivity contribution in [2.45, 2.75) is 19.8 Å². The Bertz CT molecular complexity index is 149. The molecule has 0 unspecified atom stereocenters. The van der Waals surface area contributed by atoms with Gasteiger partial charge in [-0.25, -0.2) is 9.00 Å². The lowest BCUT2D eigenvalue weighted by atomic mass is 10.4. The number of hydrogen-bond acceptors (Lipinski definition) is 3. The van der Waals surface area contributed by atoms with Gasteiger partial charge < -0.3 is 4.74 Å². The van der Waals surface area contributed by atoms with E-state index in [1.54, 1.807) is 0 Å². The zero-order chi connectivity index (χ0) is 7.82. The molecule has 0 saturated carbocycles. The van der Waals surface area contributed by atoms with Gasteiger partial charge in [-0.1, -0.05) is 13.3 Å². The third kappa shape index (κ3) is 5.50. The number of ether oxygens (including phenoxy) is 1. The van der Waals surface area contributed by atoms with E-state index in [2.05, 4.69) is 4.74 Å². The summed E-state index contributed by atoms with van der Waals surface area (Å²) in [5.41, 5.74) is 0. The summed E-state index contributed by atoms with van der Waals surface area (Å²) in [6, 6.07) is 0. The zero-order valence-electron chi connectivity index (χ0n) is 5.83. The topological polar surface area (TPSA) is 43.4 Å². The van der Waals surface area contributed by atoms with Gasteiger partial charge in [-0.05, 0) is 6.42 Å². The number of unbranched alkanes of at least 4 members (excludes halogenated alkanes) is 1. The fraction of sp³-hybridized carbons (Fsp3) is 0.667. The van der Waals surface area contributed by atoms with Crippen LogP contribution in [0.5, 0.6) is 0 Å². The molecule has 0 atom stereocenters. The average Bonchev–Trinajstić information content (AvgIpc) is 1.89. The van der Waals surface area contributed by atoms with Gasteiger partial charge in [-0.3, -0.25) is 0 Å². The minimum absolute atomic E-state index is 0.118. The molecular formula is C6H10O3S. The Hall–Kier alpha value is -0.640. The quantitative estimate of drug-likeness (QED) is 0.340. The molecule has 0 rings (SSSR count). The van der Waals surface area contributed by atoms with E-state index in [1.165, 1.54) is 0 Å². The van der Waals surface area contributed by atoms with Gasteiger partial charge in [-0.2, -0.15) is 0 Å². The Labute approximate surface area is 63.4 Å². The molecule has 0 aromatic carbocycles. The lowest BCUT2D eigenvalue weighted by Gasteiger charge is -1.96. The van der Waals surface area contributed by atoms with Crippen molar-refractivity contribution in [3.05, 3.63) is 0 Å². The van der Waals surface area contributed by atoms with Crippen LogP contribution in [-0.4, -0.2) is 22.2 Å². The van der Waals surface area contributed by atoms with Crippen molar-refractivity contribution < 1.29 is 13.7 Å².